The Hall–Kier alpha value is -2.18. The smallest absolute Gasteiger partial charge is 0.271 e. The number of hydrogen-bond donors (Lipinski definition) is 1. The lowest BCUT2D eigenvalue weighted by Crippen LogP contribution is -2.14. The minimum absolute atomic E-state index is 0.0634. The number of non-ortho nitro benzene ring substituents is 1. The van der Waals surface area contributed by atoms with Gasteiger partial charge >= 0.3 is 0 Å². The molecule has 0 saturated heterocycles. The molecular weight excluding hydrogens is 317 g/mol. The minimum Gasteiger partial charge on any atom is -0.319 e. The molecule has 0 unspecified atom stereocenters. The molecule has 1 aromatic carbocycles. The topological polar surface area (TPSA) is 85.1 Å². The zero-order valence-corrected chi connectivity index (χ0v) is 12.3. The number of aryl methyl sites for hydroxylation is 1. The Kier molecular flexibility index (Phi) is 4.40. The van der Waals surface area contributed by atoms with Gasteiger partial charge in [-0.3, -0.25) is 14.9 Å². The highest BCUT2D eigenvalue weighted by atomic mass is 35.5. The molecule has 0 aliphatic rings. The number of halogens is 2. The molecule has 0 saturated carbocycles. The number of nitrogens with one attached hydrogen (secondary N) is 1. The van der Waals surface area contributed by atoms with Gasteiger partial charge in [-0.15, -0.1) is 0 Å². The highest BCUT2D eigenvalue weighted by Gasteiger charge is 2.16. The first-order valence-corrected chi connectivity index (χ1v) is 6.51. The van der Waals surface area contributed by atoms with Gasteiger partial charge in [0, 0.05) is 28.9 Å². The van der Waals surface area contributed by atoms with Gasteiger partial charge in [0.05, 0.1) is 10.6 Å². The molecule has 2 rings (SSSR count). The van der Waals surface area contributed by atoms with Crippen molar-refractivity contribution in [3.05, 3.63) is 61.9 Å². The molecular formula is C13H9Cl2N3O3. The number of hydrogen-bond acceptors (Lipinski definition) is 4. The molecule has 0 bridgehead atoms. The average Bonchev–Trinajstić information content (AvgIpc) is 2.42. The van der Waals surface area contributed by atoms with Crippen molar-refractivity contribution in [2.75, 3.05) is 5.32 Å². The maximum absolute atomic E-state index is 12.2. The zero-order chi connectivity index (χ0) is 15.6. The van der Waals surface area contributed by atoms with Crippen LogP contribution >= 0.6 is 23.2 Å². The SMILES string of the molecule is Cc1ccnc(Cl)c1NC(=O)c1cc(Cl)cc([N+](=O)[O-])c1. The number of nitrogens with zero attached hydrogens (tertiary/aromatic N) is 2. The Morgan fingerprint density at radius 3 is 2.67 bits per heavy atom. The number of carbonyl (C=O) groups excluding carboxylic acids is 1. The monoisotopic (exact) mass is 325 g/mol. The first kappa shape index (κ1) is 15.2. The van der Waals surface area contributed by atoms with Crippen molar-refractivity contribution in [1.82, 2.24) is 4.98 Å². The summed E-state index contributed by atoms with van der Waals surface area (Å²) in [6.07, 6.45) is 1.51. The molecule has 0 radical (unpaired) electrons. The standard InChI is InChI=1S/C13H9Cl2N3O3/c1-7-2-3-16-12(15)11(7)17-13(19)8-4-9(14)6-10(5-8)18(20)21/h2-6H,1H3,(H,17,19). The molecule has 1 N–H and O–H groups in total. The second-order valence-corrected chi connectivity index (χ2v) is 5.00. The van der Waals surface area contributed by atoms with E-state index in [2.05, 4.69) is 10.3 Å². The van der Waals surface area contributed by atoms with Crippen molar-refractivity contribution < 1.29 is 9.72 Å². The van der Waals surface area contributed by atoms with Crippen LogP contribution in [-0.4, -0.2) is 15.8 Å². The molecule has 1 aromatic heterocycles. The number of benzene rings is 1. The van der Waals surface area contributed by atoms with Gasteiger partial charge in [-0.1, -0.05) is 23.2 Å². The minimum atomic E-state index is -0.620. The van der Waals surface area contributed by atoms with Gasteiger partial charge in [0.15, 0.2) is 5.15 Å². The number of rotatable bonds is 3. The Morgan fingerprint density at radius 2 is 2.05 bits per heavy atom. The summed E-state index contributed by atoms with van der Waals surface area (Å²) in [6, 6.07) is 5.33. The third kappa shape index (κ3) is 3.48. The molecule has 6 nitrogen and oxygen atoms in total. The highest BCUT2D eigenvalue weighted by Crippen LogP contribution is 2.25. The van der Waals surface area contributed by atoms with Gasteiger partial charge in [-0.25, -0.2) is 4.98 Å². The van der Waals surface area contributed by atoms with Crippen LogP contribution in [0.1, 0.15) is 15.9 Å². The van der Waals surface area contributed by atoms with Crippen molar-refractivity contribution in [3.8, 4) is 0 Å². The largest absolute Gasteiger partial charge is 0.319 e. The molecule has 0 spiro atoms. The van der Waals surface area contributed by atoms with E-state index < -0.39 is 10.8 Å². The fraction of sp³-hybridized carbons (Fsp3) is 0.0769. The van der Waals surface area contributed by atoms with Crippen LogP contribution in [0, 0.1) is 17.0 Å². The second kappa shape index (κ2) is 6.07. The van der Waals surface area contributed by atoms with Crippen LogP contribution in [0.5, 0.6) is 0 Å². The number of aromatic nitrogens is 1. The van der Waals surface area contributed by atoms with E-state index in [0.29, 0.717) is 5.69 Å². The van der Waals surface area contributed by atoms with E-state index in [1.165, 1.54) is 18.3 Å². The number of pyridine rings is 1. The fourth-order valence-electron chi connectivity index (χ4n) is 1.67. The number of carbonyl (C=O) groups is 1. The van der Waals surface area contributed by atoms with Gasteiger partial charge in [0.1, 0.15) is 0 Å². The van der Waals surface area contributed by atoms with E-state index in [1.54, 1.807) is 13.0 Å². The van der Waals surface area contributed by atoms with Crippen molar-refractivity contribution in [2.45, 2.75) is 6.92 Å². The molecule has 1 amide bonds. The van der Waals surface area contributed by atoms with Crippen LogP contribution in [0.3, 0.4) is 0 Å². The Labute approximate surface area is 129 Å². The van der Waals surface area contributed by atoms with Gasteiger partial charge in [-0.2, -0.15) is 0 Å². The fourth-order valence-corrected chi connectivity index (χ4v) is 2.15. The van der Waals surface area contributed by atoms with E-state index in [0.717, 1.165) is 11.6 Å². The number of nitro groups is 1. The molecule has 21 heavy (non-hydrogen) atoms. The van der Waals surface area contributed by atoms with Crippen LogP contribution in [0.4, 0.5) is 11.4 Å². The van der Waals surface area contributed by atoms with E-state index >= 15 is 0 Å². The molecule has 0 aliphatic heterocycles. The van der Waals surface area contributed by atoms with E-state index in [1.807, 2.05) is 0 Å². The molecule has 0 atom stereocenters. The molecule has 0 aliphatic carbocycles. The summed E-state index contributed by atoms with van der Waals surface area (Å²) in [7, 11) is 0. The Balaban J connectivity index is 2.35. The van der Waals surface area contributed by atoms with Crippen LogP contribution in [0.2, 0.25) is 10.2 Å². The zero-order valence-electron chi connectivity index (χ0n) is 10.8. The first-order valence-electron chi connectivity index (χ1n) is 5.76. The normalized spacial score (nSPS) is 10.2. The molecule has 108 valence electrons. The van der Waals surface area contributed by atoms with E-state index in [9.17, 15) is 14.9 Å². The summed E-state index contributed by atoms with van der Waals surface area (Å²) < 4.78 is 0. The molecule has 2 aromatic rings. The predicted molar refractivity (Wildman–Crippen MR) is 80.0 cm³/mol. The quantitative estimate of drug-likeness (QED) is 0.527. The third-order valence-electron chi connectivity index (χ3n) is 2.71. The van der Waals surface area contributed by atoms with Crippen LogP contribution < -0.4 is 5.32 Å². The van der Waals surface area contributed by atoms with Crippen molar-refractivity contribution in [3.63, 3.8) is 0 Å². The van der Waals surface area contributed by atoms with Crippen LogP contribution in [0.25, 0.3) is 0 Å². The summed E-state index contributed by atoms with van der Waals surface area (Å²) in [5, 5.41) is 13.6. The highest BCUT2D eigenvalue weighted by molar-refractivity contribution is 6.33. The van der Waals surface area contributed by atoms with Crippen molar-refractivity contribution in [1.29, 1.82) is 0 Å². The summed E-state index contributed by atoms with van der Waals surface area (Å²) >= 11 is 11.7. The summed E-state index contributed by atoms with van der Waals surface area (Å²) in [4.78, 5) is 26.2. The van der Waals surface area contributed by atoms with Crippen molar-refractivity contribution >= 4 is 40.5 Å². The predicted octanol–water partition coefficient (Wildman–Crippen LogP) is 3.86. The second-order valence-electron chi connectivity index (χ2n) is 4.20. The van der Waals surface area contributed by atoms with Gasteiger partial charge in [-0.05, 0) is 24.6 Å². The Morgan fingerprint density at radius 1 is 1.33 bits per heavy atom. The number of nitro benzene ring substituents is 1. The lowest BCUT2D eigenvalue weighted by atomic mass is 10.1. The maximum atomic E-state index is 12.2. The average molecular weight is 326 g/mol. The third-order valence-corrected chi connectivity index (χ3v) is 3.21. The Bertz CT molecular complexity index is 714. The van der Waals surface area contributed by atoms with Gasteiger partial charge < -0.3 is 5.32 Å². The first-order chi connectivity index (χ1) is 9.88. The summed E-state index contributed by atoms with van der Waals surface area (Å²) in [5.74, 6) is -0.557. The van der Waals surface area contributed by atoms with Crippen LogP contribution in [0.15, 0.2) is 30.5 Å². The van der Waals surface area contributed by atoms with E-state index in [-0.39, 0.29) is 21.4 Å². The van der Waals surface area contributed by atoms with E-state index in [4.69, 9.17) is 23.2 Å². The number of amides is 1. The van der Waals surface area contributed by atoms with Crippen LogP contribution in [-0.2, 0) is 0 Å². The summed E-state index contributed by atoms with van der Waals surface area (Å²) in [6.45, 7) is 1.75. The lowest BCUT2D eigenvalue weighted by Gasteiger charge is -2.09. The van der Waals surface area contributed by atoms with Gasteiger partial charge in [0.2, 0.25) is 0 Å². The molecule has 0 fully saturated rings. The lowest BCUT2D eigenvalue weighted by molar-refractivity contribution is -0.384. The van der Waals surface area contributed by atoms with Gasteiger partial charge in [0.25, 0.3) is 11.6 Å². The molecule has 1 heterocycles. The van der Waals surface area contributed by atoms with Crippen molar-refractivity contribution in [2.24, 2.45) is 0 Å². The molecule has 8 heteroatoms. The summed E-state index contributed by atoms with van der Waals surface area (Å²) in [5.41, 5.74) is 0.877. The number of anilines is 1. The maximum Gasteiger partial charge on any atom is 0.271 e.